The van der Waals surface area contributed by atoms with Gasteiger partial charge in [-0.05, 0) is 30.0 Å². The highest BCUT2D eigenvalue weighted by molar-refractivity contribution is 8.13. The van der Waals surface area contributed by atoms with Gasteiger partial charge in [-0.3, -0.25) is 0 Å². The van der Waals surface area contributed by atoms with Crippen LogP contribution in [0.5, 0.6) is 5.75 Å². The summed E-state index contributed by atoms with van der Waals surface area (Å²) < 4.78 is 41.6. The number of rotatable bonds is 5. The number of halogens is 2. The Morgan fingerprint density at radius 3 is 2.45 bits per heavy atom. The molecule has 114 valence electrons. The largest absolute Gasteiger partial charge is 0.490 e. The first-order valence-corrected chi connectivity index (χ1v) is 8.78. The molecular weight excluding hydrogens is 303 g/mol. The van der Waals surface area contributed by atoms with Crippen LogP contribution >= 0.6 is 10.7 Å². The average molecular weight is 323 g/mol. The molecule has 1 aromatic carbocycles. The van der Waals surface area contributed by atoms with Gasteiger partial charge < -0.3 is 4.74 Å². The van der Waals surface area contributed by atoms with Crippen LogP contribution in [-0.4, -0.2) is 20.8 Å². The highest BCUT2D eigenvalue weighted by Gasteiger charge is 2.29. The van der Waals surface area contributed by atoms with Crippen LogP contribution in [0.1, 0.15) is 26.3 Å². The third-order valence-corrected chi connectivity index (χ3v) is 4.33. The molecule has 0 aliphatic rings. The van der Waals surface area contributed by atoms with Gasteiger partial charge >= 0.3 is 0 Å². The maximum atomic E-state index is 13.6. The first kappa shape index (κ1) is 17.2. The van der Waals surface area contributed by atoms with Crippen molar-refractivity contribution in [3.8, 4) is 5.75 Å². The Labute approximate surface area is 124 Å². The first-order chi connectivity index (χ1) is 8.99. The van der Waals surface area contributed by atoms with Gasteiger partial charge in [0.1, 0.15) is 0 Å². The molecule has 3 nitrogen and oxygen atoms in total. The maximum absolute atomic E-state index is 13.6. The van der Waals surface area contributed by atoms with Gasteiger partial charge in [0.15, 0.2) is 11.6 Å². The van der Waals surface area contributed by atoms with Gasteiger partial charge in [-0.1, -0.05) is 26.8 Å². The summed E-state index contributed by atoms with van der Waals surface area (Å²) in [4.78, 5) is 0. The Kier molecular flexibility index (Phi) is 5.44. The van der Waals surface area contributed by atoms with Crippen molar-refractivity contribution in [1.82, 2.24) is 0 Å². The summed E-state index contributed by atoms with van der Waals surface area (Å²) in [6.07, 6.45) is 0. The van der Waals surface area contributed by atoms with Gasteiger partial charge in [0.2, 0.25) is 9.05 Å². The summed E-state index contributed by atoms with van der Waals surface area (Å²) in [5.74, 6) is -0.862. The van der Waals surface area contributed by atoms with Crippen molar-refractivity contribution in [1.29, 1.82) is 0 Å². The van der Waals surface area contributed by atoms with E-state index in [1.807, 2.05) is 27.7 Å². The van der Waals surface area contributed by atoms with Crippen molar-refractivity contribution in [3.05, 3.63) is 29.6 Å². The van der Waals surface area contributed by atoms with Crippen LogP contribution in [-0.2, 0) is 9.05 Å². The van der Waals surface area contributed by atoms with E-state index in [-0.39, 0.29) is 29.4 Å². The number of benzene rings is 1. The van der Waals surface area contributed by atoms with Crippen molar-refractivity contribution in [2.75, 3.05) is 12.4 Å². The van der Waals surface area contributed by atoms with E-state index in [0.717, 1.165) is 5.56 Å². The Balaban J connectivity index is 2.84. The summed E-state index contributed by atoms with van der Waals surface area (Å²) in [7, 11) is 1.68. The van der Waals surface area contributed by atoms with E-state index >= 15 is 0 Å². The van der Waals surface area contributed by atoms with E-state index in [9.17, 15) is 12.8 Å². The fourth-order valence-electron chi connectivity index (χ4n) is 1.70. The van der Waals surface area contributed by atoms with Gasteiger partial charge in [-0.25, -0.2) is 12.8 Å². The van der Waals surface area contributed by atoms with Gasteiger partial charge in [0.25, 0.3) is 0 Å². The molecular formula is C14H20ClFO3S. The van der Waals surface area contributed by atoms with Crippen molar-refractivity contribution >= 4 is 19.7 Å². The molecule has 0 heterocycles. The zero-order valence-electron chi connectivity index (χ0n) is 12.1. The van der Waals surface area contributed by atoms with Crippen LogP contribution in [0.25, 0.3) is 0 Å². The molecule has 1 unspecified atom stereocenters. The van der Waals surface area contributed by atoms with E-state index < -0.39 is 14.9 Å². The predicted octanol–water partition coefficient (Wildman–Crippen LogP) is 3.74. The molecule has 1 aromatic rings. The normalized spacial score (nSPS) is 14.1. The number of ether oxygens (including phenoxy) is 1. The quantitative estimate of drug-likeness (QED) is 0.775. The molecule has 0 spiro atoms. The minimum Gasteiger partial charge on any atom is -0.490 e. The predicted molar refractivity (Wildman–Crippen MR) is 79.2 cm³/mol. The van der Waals surface area contributed by atoms with E-state index in [1.165, 1.54) is 6.07 Å². The maximum Gasteiger partial charge on any atom is 0.233 e. The lowest BCUT2D eigenvalue weighted by Gasteiger charge is -2.29. The topological polar surface area (TPSA) is 43.4 Å². The zero-order valence-corrected chi connectivity index (χ0v) is 13.7. The third kappa shape index (κ3) is 5.67. The molecule has 1 atom stereocenters. The smallest absolute Gasteiger partial charge is 0.233 e. The third-order valence-electron chi connectivity index (χ3n) is 3.15. The number of aryl methyl sites for hydroxylation is 1. The van der Waals surface area contributed by atoms with Gasteiger partial charge in [0, 0.05) is 16.6 Å². The summed E-state index contributed by atoms with van der Waals surface area (Å²) in [5, 5.41) is 0. The van der Waals surface area contributed by atoms with E-state index in [4.69, 9.17) is 15.4 Å². The average Bonchev–Trinajstić information content (AvgIpc) is 2.25. The molecule has 0 fully saturated rings. The van der Waals surface area contributed by atoms with Gasteiger partial charge in [-0.2, -0.15) is 0 Å². The van der Waals surface area contributed by atoms with Crippen molar-refractivity contribution in [2.24, 2.45) is 11.3 Å². The Morgan fingerprint density at radius 1 is 1.35 bits per heavy atom. The highest BCUT2D eigenvalue weighted by atomic mass is 35.7. The molecule has 0 bridgehead atoms. The first-order valence-electron chi connectivity index (χ1n) is 6.30. The Morgan fingerprint density at radius 2 is 1.95 bits per heavy atom. The lowest BCUT2D eigenvalue weighted by molar-refractivity contribution is 0.159. The lowest BCUT2D eigenvalue weighted by atomic mass is 9.82. The van der Waals surface area contributed by atoms with Crippen molar-refractivity contribution in [2.45, 2.75) is 27.7 Å². The van der Waals surface area contributed by atoms with E-state index in [0.29, 0.717) is 0 Å². The second kappa shape index (κ2) is 6.31. The van der Waals surface area contributed by atoms with Gasteiger partial charge in [-0.15, -0.1) is 0 Å². The fourth-order valence-corrected chi connectivity index (χ4v) is 3.23. The van der Waals surface area contributed by atoms with E-state index in [2.05, 4.69) is 0 Å². The molecule has 6 heteroatoms. The monoisotopic (exact) mass is 322 g/mol. The zero-order chi connectivity index (χ0) is 15.6. The standard InChI is InChI=1S/C14H20ClFO3S/c1-10-5-6-12(16)13(7-10)19-8-11(14(2,3)4)9-20(15,17)18/h5-7,11H,8-9H2,1-4H3. The number of hydrogen-bond donors (Lipinski definition) is 0. The van der Waals surface area contributed by atoms with E-state index in [1.54, 1.807) is 12.1 Å². The summed E-state index contributed by atoms with van der Waals surface area (Å²) in [6, 6.07) is 4.56. The summed E-state index contributed by atoms with van der Waals surface area (Å²) >= 11 is 0. The molecule has 0 aliphatic heterocycles. The number of hydrogen-bond acceptors (Lipinski definition) is 3. The molecule has 20 heavy (non-hydrogen) atoms. The minimum atomic E-state index is -3.63. The molecule has 0 saturated carbocycles. The highest BCUT2D eigenvalue weighted by Crippen LogP contribution is 2.29. The fraction of sp³-hybridized carbons (Fsp3) is 0.571. The molecule has 0 aromatic heterocycles. The van der Waals surface area contributed by atoms with Crippen LogP contribution in [0.15, 0.2) is 18.2 Å². The molecule has 0 amide bonds. The van der Waals surface area contributed by atoms with Crippen LogP contribution in [0.3, 0.4) is 0 Å². The summed E-state index contributed by atoms with van der Waals surface area (Å²) in [6.45, 7) is 7.62. The van der Waals surface area contributed by atoms with Crippen molar-refractivity contribution in [3.63, 3.8) is 0 Å². The second-order valence-electron chi connectivity index (χ2n) is 6.01. The Hall–Kier alpha value is -0.810. The van der Waals surface area contributed by atoms with Crippen LogP contribution in [0, 0.1) is 24.1 Å². The minimum absolute atomic E-state index is 0.0931. The molecule has 0 N–H and O–H groups in total. The summed E-state index contributed by atoms with van der Waals surface area (Å²) in [5.41, 5.74) is 0.557. The second-order valence-corrected chi connectivity index (χ2v) is 8.83. The van der Waals surface area contributed by atoms with Crippen LogP contribution in [0.2, 0.25) is 0 Å². The van der Waals surface area contributed by atoms with Gasteiger partial charge in [0.05, 0.1) is 12.4 Å². The van der Waals surface area contributed by atoms with Crippen molar-refractivity contribution < 1.29 is 17.5 Å². The molecule has 0 radical (unpaired) electrons. The Bertz CT molecular complexity index is 564. The molecule has 0 saturated heterocycles. The van der Waals surface area contributed by atoms with Crippen LogP contribution < -0.4 is 4.74 Å². The van der Waals surface area contributed by atoms with Crippen LogP contribution in [0.4, 0.5) is 4.39 Å². The molecule has 0 aliphatic carbocycles. The SMILES string of the molecule is Cc1ccc(F)c(OCC(CS(=O)(=O)Cl)C(C)(C)C)c1. The molecule has 1 rings (SSSR count). The lowest BCUT2D eigenvalue weighted by Crippen LogP contribution is -2.32.